The number of carboxylic acid groups (broad SMARTS) is 1. The summed E-state index contributed by atoms with van der Waals surface area (Å²) in [4.78, 5) is 16.8. The van der Waals surface area contributed by atoms with Crippen LogP contribution in [0.3, 0.4) is 0 Å². The molecule has 0 amide bonds. The molecule has 0 aromatic carbocycles. The molecule has 0 aliphatic carbocycles. The number of carbonyl (C=O) groups is 1. The van der Waals surface area contributed by atoms with Crippen LogP contribution in [0.1, 0.15) is 49.2 Å². The van der Waals surface area contributed by atoms with Gasteiger partial charge in [-0.25, -0.2) is 4.79 Å². The van der Waals surface area contributed by atoms with Crippen LogP contribution in [0, 0.1) is 0 Å². The fourth-order valence-electron chi connectivity index (χ4n) is 2.13. The van der Waals surface area contributed by atoms with Gasteiger partial charge in [0.05, 0.1) is 6.04 Å². The van der Waals surface area contributed by atoms with Crippen LogP contribution in [0.5, 0.6) is 0 Å². The summed E-state index contributed by atoms with van der Waals surface area (Å²) in [6.07, 6.45) is 2.02. The smallest absolute Gasteiger partial charge is 0.377 e. The van der Waals surface area contributed by atoms with Crippen LogP contribution in [0.2, 0.25) is 0 Å². The second kappa shape index (κ2) is 4.21. The summed E-state index contributed by atoms with van der Waals surface area (Å²) in [5.74, 6) is -0.988. The van der Waals surface area contributed by atoms with E-state index in [0.29, 0.717) is 11.9 Å². The third kappa shape index (κ3) is 1.92. The molecule has 1 fully saturated rings. The zero-order valence-corrected chi connectivity index (χ0v) is 9.38. The van der Waals surface area contributed by atoms with Gasteiger partial charge >= 0.3 is 5.97 Å². The number of aromatic carboxylic acids is 1. The van der Waals surface area contributed by atoms with Gasteiger partial charge in [-0.2, -0.15) is 4.98 Å². The lowest BCUT2D eigenvalue weighted by Crippen LogP contribution is -2.30. The maximum absolute atomic E-state index is 10.6. The van der Waals surface area contributed by atoms with Gasteiger partial charge in [0.15, 0.2) is 0 Å². The predicted molar refractivity (Wildman–Crippen MR) is 55.1 cm³/mol. The van der Waals surface area contributed by atoms with Crippen LogP contribution in [0.25, 0.3) is 0 Å². The maximum atomic E-state index is 10.6. The first-order valence-electron chi connectivity index (χ1n) is 5.42. The molecule has 16 heavy (non-hydrogen) atoms. The zero-order chi connectivity index (χ0) is 11.7. The standard InChI is InChI=1S/C10H15N3O3/c1-6(2)13-5-3-4-7(13)9-11-8(10(14)15)12-16-9/h6-7H,3-5H2,1-2H3,(H,14,15). The van der Waals surface area contributed by atoms with Gasteiger partial charge < -0.3 is 9.63 Å². The predicted octanol–water partition coefficient (Wildman–Crippen LogP) is 1.31. The highest BCUT2D eigenvalue weighted by molar-refractivity contribution is 5.82. The molecule has 6 heteroatoms. The van der Waals surface area contributed by atoms with Gasteiger partial charge in [0, 0.05) is 6.04 Å². The molecule has 88 valence electrons. The average Bonchev–Trinajstić information content (AvgIpc) is 2.86. The van der Waals surface area contributed by atoms with E-state index < -0.39 is 5.97 Å². The van der Waals surface area contributed by atoms with Gasteiger partial charge in [-0.05, 0) is 38.4 Å². The second-order valence-electron chi connectivity index (χ2n) is 4.25. The highest BCUT2D eigenvalue weighted by Gasteiger charge is 2.32. The first kappa shape index (κ1) is 11.1. The topological polar surface area (TPSA) is 79.5 Å². The number of rotatable bonds is 3. The Labute approximate surface area is 93.2 Å². The fourth-order valence-corrected chi connectivity index (χ4v) is 2.13. The number of aromatic nitrogens is 2. The molecule has 1 aliphatic rings. The maximum Gasteiger partial charge on any atom is 0.377 e. The van der Waals surface area contributed by atoms with Gasteiger partial charge in [0.1, 0.15) is 0 Å². The quantitative estimate of drug-likeness (QED) is 0.835. The van der Waals surface area contributed by atoms with E-state index in [1.807, 2.05) is 0 Å². The first-order chi connectivity index (χ1) is 7.59. The van der Waals surface area contributed by atoms with Crippen molar-refractivity contribution in [2.24, 2.45) is 0 Å². The largest absolute Gasteiger partial charge is 0.475 e. The molecule has 1 unspecified atom stereocenters. The summed E-state index contributed by atoms with van der Waals surface area (Å²) in [5.41, 5.74) is 0. The average molecular weight is 225 g/mol. The normalized spacial score (nSPS) is 21.8. The number of nitrogens with zero attached hydrogens (tertiary/aromatic N) is 3. The highest BCUT2D eigenvalue weighted by atomic mass is 16.5. The number of hydrogen-bond acceptors (Lipinski definition) is 5. The third-order valence-electron chi connectivity index (χ3n) is 2.88. The van der Waals surface area contributed by atoms with Crippen LogP contribution in [-0.4, -0.2) is 38.7 Å². The molecule has 0 saturated carbocycles. The molecule has 2 rings (SSSR count). The number of carboxylic acids is 1. The molecule has 1 aliphatic heterocycles. The van der Waals surface area contributed by atoms with Crippen molar-refractivity contribution >= 4 is 5.97 Å². The van der Waals surface area contributed by atoms with Crippen molar-refractivity contribution in [1.82, 2.24) is 15.0 Å². The lowest BCUT2D eigenvalue weighted by atomic mass is 10.2. The minimum atomic E-state index is -1.15. The molecule has 1 N–H and O–H groups in total. The van der Waals surface area contributed by atoms with Crippen molar-refractivity contribution in [3.8, 4) is 0 Å². The van der Waals surface area contributed by atoms with E-state index in [9.17, 15) is 4.79 Å². The minimum absolute atomic E-state index is 0.0700. The summed E-state index contributed by atoms with van der Waals surface area (Å²) in [7, 11) is 0. The van der Waals surface area contributed by atoms with E-state index in [1.165, 1.54) is 0 Å². The van der Waals surface area contributed by atoms with E-state index in [2.05, 4.69) is 28.9 Å². The Morgan fingerprint density at radius 2 is 2.38 bits per heavy atom. The molecule has 1 saturated heterocycles. The third-order valence-corrected chi connectivity index (χ3v) is 2.88. The molecular formula is C10H15N3O3. The number of hydrogen-bond donors (Lipinski definition) is 1. The molecular weight excluding hydrogens is 210 g/mol. The Morgan fingerprint density at radius 1 is 1.62 bits per heavy atom. The van der Waals surface area contributed by atoms with Gasteiger partial charge in [-0.1, -0.05) is 0 Å². The zero-order valence-electron chi connectivity index (χ0n) is 9.38. The molecule has 0 spiro atoms. The van der Waals surface area contributed by atoms with Crippen molar-refractivity contribution in [2.75, 3.05) is 6.54 Å². The SMILES string of the molecule is CC(C)N1CCCC1c1nc(C(=O)O)no1. The Kier molecular flexibility index (Phi) is 2.91. The van der Waals surface area contributed by atoms with E-state index in [4.69, 9.17) is 9.63 Å². The van der Waals surface area contributed by atoms with Crippen LogP contribution in [0.15, 0.2) is 4.52 Å². The van der Waals surface area contributed by atoms with Crippen LogP contribution >= 0.6 is 0 Å². The lowest BCUT2D eigenvalue weighted by molar-refractivity contribution is 0.0680. The Balaban J connectivity index is 2.19. The molecule has 2 heterocycles. The molecule has 0 bridgehead atoms. The Hall–Kier alpha value is -1.43. The summed E-state index contributed by atoms with van der Waals surface area (Å²) in [5, 5.41) is 12.2. The number of likely N-dealkylation sites (tertiary alicyclic amines) is 1. The van der Waals surface area contributed by atoms with Crippen molar-refractivity contribution in [3.05, 3.63) is 11.7 Å². The van der Waals surface area contributed by atoms with E-state index in [1.54, 1.807) is 0 Å². The van der Waals surface area contributed by atoms with Crippen molar-refractivity contribution < 1.29 is 14.4 Å². The minimum Gasteiger partial charge on any atom is -0.475 e. The summed E-state index contributed by atoms with van der Waals surface area (Å²) in [6.45, 7) is 5.20. The highest BCUT2D eigenvalue weighted by Crippen LogP contribution is 2.32. The molecule has 0 radical (unpaired) electrons. The first-order valence-corrected chi connectivity index (χ1v) is 5.42. The van der Waals surface area contributed by atoms with Gasteiger partial charge in [-0.3, -0.25) is 4.90 Å². The molecule has 1 aromatic rings. The van der Waals surface area contributed by atoms with Crippen LogP contribution < -0.4 is 0 Å². The second-order valence-corrected chi connectivity index (χ2v) is 4.25. The van der Waals surface area contributed by atoms with E-state index in [-0.39, 0.29) is 11.9 Å². The van der Waals surface area contributed by atoms with Crippen LogP contribution in [-0.2, 0) is 0 Å². The molecule has 6 nitrogen and oxygen atoms in total. The van der Waals surface area contributed by atoms with E-state index in [0.717, 1.165) is 19.4 Å². The molecule has 1 atom stereocenters. The van der Waals surface area contributed by atoms with Crippen molar-refractivity contribution in [2.45, 2.75) is 38.8 Å². The summed E-state index contributed by atoms with van der Waals surface area (Å²) < 4.78 is 5.01. The van der Waals surface area contributed by atoms with E-state index >= 15 is 0 Å². The monoisotopic (exact) mass is 225 g/mol. The van der Waals surface area contributed by atoms with Gasteiger partial charge in [0.25, 0.3) is 5.82 Å². The Bertz CT molecular complexity index is 388. The lowest BCUT2D eigenvalue weighted by Gasteiger charge is -2.25. The fraction of sp³-hybridized carbons (Fsp3) is 0.700. The van der Waals surface area contributed by atoms with Crippen molar-refractivity contribution in [3.63, 3.8) is 0 Å². The van der Waals surface area contributed by atoms with Gasteiger partial charge in [-0.15, -0.1) is 0 Å². The summed E-state index contributed by atoms with van der Waals surface area (Å²) >= 11 is 0. The van der Waals surface area contributed by atoms with Crippen molar-refractivity contribution in [1.29, 1.82) is 0 Å². The van der Waals surface area contributed by atoms with Crippen LogP contribution in [0.4, 0.5) is 0 Å². The summed E-state index contributed by atoms with van der Waals surface area (Å²) in [6, 6.07) is 0.466. The Morgan fingerprint density at radius 3 is 2.94 bits per heavy atom. The molecule has 1 aromatic heterocycles. The van der Waals surface area contributed by atoms with Gasteiger partial charge in [0.2, 0.25) is 5.89 Å².